The maximum atomic E-state index is 9.90. The second kappa shape index (κ2) is 5.41. The average Bonchev–Trinajstić information content (AvgIpc) is 3.11. The van der Waals surface area contributed by atoms with Crippen molar-refractivity contribution in [3.05, 3.63) is 23.3 Å². The molecule has 0 amide bonds. The van der Waals surface area contributed by atoms with Crippen molar-refractivity contribution in [3.63, 3.8) is 0 Å². The zero-order chi connectivity index (χ0) is 15.2. The van der Waals surface area contributed by atoms with E-state index in [1.165, 1.54) is 11.1 Å². The first-order chi connectivity index (χ1) is 10.7. The molecule has 1 N–H and O–H groups in total. The molecular formula is C17H23NO4. The summed E-state index contributed by atoms with van der Waals surface area (Å²) in [4.78, 5) is 2.44. The van der Waals surface area contributed by atoms with E-state index in [2.05, 4.69) is 24.0 Å². The van der Waals surface area contributed by atoms with Crippen LogP contribution in [-0.4, -0.2) is 49.7 Å². The Bertz CT molecular complexity index is 576. The van der Waals surface area contributed by atoms with Gasteiger partial charge in [0.25, 0.3) is 0 Å². The third-order valence-electron chi connectivity index (χ3n) is 5.49. The highest BCUT2D eigenvalue weighted by Gasteiger charge is 2.47. The molecule has 4 rings (SSSR count). The molecule has 0 radical (unpaired) electrons. The normalized spacial score (nSPS) is 30.5. The van der Waals surface area contributed by atoms with Crippen LogP contribution in [0, 0.1) is 18.3 Å². The molecule has 1 aromatic rings. The van der Waals surface area contributed by atoms with Gasteiger partial charge in [0, 0.05) is 37.6 Å². The van der Waals surface area contributed by atoms with Crippen molar-refractivity contribution in [2.45, 2.75) is 19.9 Å². The van der Waals surface area contributed by atoms with Crippen LogP contribution >= 0.6 is 0 Å². The van der Waals surface area contributed by atoms with Gasteiger partial charge in [-0.25, -0.2) is 0 Å². The van der Waals surface area contributed by atoms with Gasteiger partial charge >= 0.3 is 0 Å². The minimum absolute atomic E-state index is 0.0303. The van der Waals surface area contributed by atoms with Crippen LogP contribution in [0.25, 0.3) is 0 Å². The number of aryl methyl sites for hydroxylation is 1. The largest absolute Gasteiger partial charge is 0.454 e. The average molecular weight is 305 g/mol. The van der Waals surface area contributed by atoms with Crippen LogP contribution < -0.4 is 9.47 Å². The zero-order valence-corrected chi connectivity index (χ0v) is 13.0. The predicted molar refractivity (Wildman–Crippen MR) is 81.0 cm³/mol. The molecule has 3 heterocycles. The fourth-order valence-corrected chi connectivity index (χ4v) is 4.03. The summed E-state index contributed by atoms with van der Waals surface area (Å²) in [5.74, 6) is 2.13. The molecular weight excluding hydrogens is 282 g/mol. The molecule has 0 saturated carbocycles. The van der Waals surface area contributed by atoms with E-state index in [1.807, 2.05) is 0 Å². The van der Waals surface area contributed by atoms with Gasteiger partial charge in [0.1, 0.15) is 0 Å². The van der Waals surface area contributed by atoms with E-state index in [1.54, 1.807) is 0 Å². The Labute approximate surface area is 130 Å². The Morgan fingerprint density at radius 3 is 2.91 bits per heavy atom. The van der Waals surface area contributed by atoms with Gasteiger partial charge in [0.05, 0.1) is 13.2 Å². The zero-order valence-electron chi connectivity index (χ0n) is 13.0. The number of benzene rings is 1. The number of fused-ring (bicyclic) bond motifs is 2. The van der Waals surface area contributed by atoms with Gasteiger partial charge in [0.2, 0.25) is 6.79 Å². The van der Waals surface area contributed by atoms with Crippen molar-refractivity contribution in [1.29, 1.82) is 0 Å². The van der Waals surface area contributed by atoms with Crippen molar-refractivity contribution in [2.75, 3.05) is 39.7 Å². The summed E-state index contributed by atoms with van der Waals surface area (Å²) in [6.07, 6.45) is 0.963. The maximum Gasteiger partial charge on any atom is 0.231 e. The Balaban J connectivity index is 1.53. The van der Waals surface area contributed by atoms with E-state index < -0.39 is 0 Å². The molecule has 5 heteroatoms. The highest BCUT2D eigenvalue weighted by atomic mass is 16.7. The predicted octanol–water partition coefficient (Wildman–Crippen LogP) is 1.55. The lowest BCUT2D eigenvalue weighted by Crippen LogP contribution is -2.41. The minimum atomic E-state index is 0.0303. The number of aliphatic hydroxyl groups excluding tert-OH is 1. The van der Waals surface area contributed by atoms with Gasteiger partial charge in [-0.2, -0.15) is 0 Å². The number of hydrogen-bond acceptors (Lipinski definition) is 5. The van der Waals surface area contributed by atoms with E-state index in [0.29, 0.717) is 12.7 Å². The van der Waals surface area contributed by atoms with Gasteiger partial charge in [-0.15, -0.1) is 0 Å². The van der Waals surface area contributed by atoms with Crippen LogP contribution in [0.4, 0.5) is 0 Å². The molecule has 3 aliphatic heterocycles. The first-order valence-corrected chi connectivity index (χ1v) is 8.00. The third-order valence-corrected chi connectivity index (χ3v) is 5.49. The summed E-state index contributed by atoms with van der Waals surface area (Å²) >= 11 is 0. The second-order valence-electron chi connectivity index (χ2n) is 6.84. The first-order valence-electron chi connectivity index (χ1n) is 8.00. The summed E-state index contributed by atoms with van der Waals surface area (Å²) in [5, 5.41) is 9.90. The Kier molecular flexibility index (Phi) is 3.51. The topological polar surface area (TPSA) is 51.2 Å². The van der Waals surface area contributed by atoms with E-state index >= 15 is 0 Å². The van der Waals surface area contributed by atoms with E-state index in [9.17, 15) is 5.11 Å². The molecule has 2 saturated heterocycles. The molecule has 3 aliphatic rings. The van der Waals surface area contributed by atoms with Crippen molar-refractivity contribution in [2.24, 2.45) is 11.3 Å². The monoisotopic (exact) mass is 305 g/mol. The molecule has 22 heavy (non-hydrogen) atoms. The fraction of sp³-hybridized carbons (Fsp3) is 0.647. The van der Waals surface area contributed by atoms with E-state index in [-0.39, 0.29) is 12.0 Å². The summed E-state index contributed by atoms with van der Waals surface area (Å²) in [6.45, 7) is 7.07. The van der Waals surface area contributed by atoms with Gasteiger partial charge in [-0.1, -0.05) is 0 Å². The Morgan fingerprint density at radius 1 is 1.32 bits per heavy atom. The van der Waals surface area contributed by atoms with Crippen LogP contribution in [0.15, 0.2) is 12.1 Å². The van der Waals surface area contributed by atoms with E-state index in [4.69, 9.17) is 14.2 Å². The summed E-state index contributed by atoms with van der Waals surface area (Å²) < 4.78 is 16.5. The lowest BCUT2D eigenvalue weighted by Gasteiger charge is -2.36. The molecule has 0 spiro atoms. The van der Waals surface area contributed by atoms with Crippen LogP contribution in [0.5, 0.6) is 11.5 Å². The lowest BCUT2D eigenvalue weighted by atomic mass is 9.75. The smallest absolute Gasteiger partial charge is 0.231 e. The number of hydrogen-bond donors (Lipinski definition) is 1. The summed E-state index contributed by atoms with van der Waals surface area (Å²) in [5.41, 5.74) is 2.54. The molecule has 2 atom stereocenters. The van der Waals surface area contributed by atoms with Crippen LogP contribution in [0.2, 0.25) is 0 Å². The number of aliphatic hydroxyl groups is 1. The van der Waals surface area contributed by atoms with E-state index in [0.717, 1.165) is 50.8 Å². The summed E-state index contributed by atoms with van der Waals surface area (Å²) in [6, 6.07) is 4.16. The third kappa shape index (κ3) is 2.28. The molecule has 0 bridgehead atoms. The number of rotatable bonds is 3. The van der Waals surface area contributed by atoms with Crippen molar-refractivity contribution < 1.29 is 19.3 Å². The molecule has 1 aromatic carbocycles. The van der Waals surface area contributed by atoms with Crippen LogP contribution in [-0.2, 0) is 11.3 Å². The highest BCUT2D eigenvalue weighted by molar-refractivity contribution is 5.48. The quantitative estimate of drug-likeness (QED) is 0.918. The Morgan fingerprint density at radius 2 is 2.14 bits per heavy atom. The maximum absolute atomic E-state index is 9.90. The number of ether oxygens (including phenoxy) is 3. The summed E-state index contributed by atoms with van der Waals surface area (Å²) in [7, 11) is 0. The van der Waals surface area contributed by atoms with Gasteiger partial charge in [-0.3, -0.25) is 4.90 Å². The van der Waals surface area contributed by atoms with Crippen molar-refractivity contribution in [3.8, 4) is 11.5 Å². The molecule has 2 fully saturated rings. The number of nitrogens with zero attached hydrogens (tertiary/aromatic N) is 1. The van der Waals surface area contributed by atoms with Crippen LogP contribution in [0.3, 0.4) is 0 Å². The fourth-order valence-electron chi connectivity index (χ4n) is 4.03. The molecule has 0 aromatic heterocycles. The Hall–Kier alpha value is -1.30. The minimum Gasteiger partial charge on any atom is -0.454 e. The van der Waals surface area contributed by atoms with Gasteiger partial charge in [-0.05, 0) is 36.6 Å². The van der Waals surface area contributed by atoms with Gasteiger partial charge in [0.15, 0.2) is 11.5 Å². The molecule has 5 nitrogen and oxygen atoms in total. The lowest BCUT2D eigenvalue weighted by molar-refractivity contribution is -0.0417. The highest BCUT2D eigenvalue weighted by Crippen LogP contribution is 2.43. The standard InChI is InChI=1S/C17H23NO4/c1-12-4-15-16(22-11-21-15)5-13(12)6-18-7-14-8-20-3-2-17(14,9-18)10-19/h4-5,14,19H,2-3,6-11H2,1H3/t14-,17-/m1/s1. The molecule has 120 valence electrons. The number of likely N-dealkylation sites (tertiary alicyclic amines) is 1. The first kappa shape index (κ1) is 14.3. The molecule has 0 unspecified atom stereocenters. The van der Waals surface area contributed by atoms with Crippen molar-refractivity contribution in [1.82, 2.24) is 4.90 Å². The van der Waals surface area contributed by atoms with Crippen LogP contribution in [0.1, 0.15) is 17.5 Å². The van der Waals surface area contributed by atoms with Crippen molar-refractivity contribution >= 4 is 0 Å². The SMILES string of the molecule is Cc1cc2c(cc1CN1C[C@@H]3COCC[C@]3(CO)C1)OCO2. The van der Waals surface area contributed by atoms with Gasteiger partial charge < -0.3 is 19.3 Å². The molecule has 0 aliphatic carbocycles. The second-order valence-corrected chi connectivity index (χ2v) is 6.84.